The Labute approximate surface area is 155 Å². The van der Waals surface area contributed by atoms with Gasteiger partial charge in [-0.2, -0.15) is 0 Å². The van der Waals surface area contributed by atoms with Crippen molar-refractivity contribution in [1.29, 1.82) is 0 Å². The minimum Gasteiger partial charge on any atom is -0.481 e. The molecule has 0 saturated carbocycles. The van der Waals surface area contributed by atoms with Crippen molar-refractivity contribution < 1.29 is 9.53 Å². The highest BCUT2D eigenvalue weighted by Gasteiger charge is 2.11. The van der Waals surface area contributed by atoms with E-state index in [1.165, 1.54) is 7.11 Å². The fourth-order valence-corrected chi connectivity index (χ4v) is 2.86. The van der Waals surface area contributed by atoms with Crippen LogP contribution in [-0.4, -0.2) is 37.4 Å². The lowest BCUT2D eigenvalue weighted by Crippen LogP contribution is -2.06. The van der Waals surface area contributed by atoms with Crippen LogP contribution in [0.2, 0.25) is 0 Å². The van der Waals surface area contributed by atoms with Crippen molar-refractivity contribution in [3.8, 4) is 17.3 Å². The molecular weight excluding hydrogens is 342 g/mol. The summed E-state index contributed by atoms with van der Waals surface area (Å²) in [5.74, 6) is 0.361. The number of nitrogens with zero attached hydrogens (tertiary/aromatic N) is 5. The van der Waals surface area contributed by atoms with E-state index >= 15 is 0 Å². The molecule has 0 aliphatic rings. The number of ketones is 1. The normalized spacial score (nSPS) is 10.9. The molecule has 134 valence electrons. The van der Waals surface area contributed by atoms with Gasteiger partial charge in [-0.05, 0) is 24.3 Å². The summed E-state index contributed by atoms with van der Waals surface area (Å²) < 4.78 is 6.99. The largest absolute Gasteiger partial charge is 0.481 e. The number of rotatable bonds is 5. The molecule has 4 aromatic heterocycles. The number of hydrogen-bond acceptors (Lipinski definition) is 6. The Balaban J connectivity index is 1.64. The van der Waals surface area contributed by atoms with Gasteiger partial charge in [-0.3, -0.25) is 9.78 Å². The van der Waals surface area contributed by atoms with E-state index in [1.54, 1.807) is 37.1 Å². The number of methoxy groups -OCH3 is 1. The van der Waals surface area contributed by atoms with Gasteiger partial charge in [0.2, 0.25) is 5.88 Å². The van der Waals surface area contributed by atoms with E-state index in [0.29, 0.717) is 17.1 Å². The van der Waals surface area contributed by atoms with Gasteiger partial charge in [0.25, 0.3) is 0 Å². The Kier molecular flexibility index (Phi) is 4.33. The third-order valence-corrected chi connectivity index (χ3v) is 4.32. The Morgan fingerprint density at radius 2 is 2.04 bits per heavy atom. The van der Waals surface area contributed by atoms with Crippen LogP contribution in [0, 0.1) is 0 Å². The zero-order chi connectivity index (χ0) is 18.8. The average Bonchev–Trinajstić information content (AvgIpc) is 3.13. The molecule has 7 heteroatoms. The summed E-state index contributed by atoms with van der Waals surface area (Å²) in [6, 6.07) is 9.06. The first-order valence-corrected chi connectivity index (χ1v) is 8.39. The smallest absolute Gasteiger partial charge is 0.213 e. The molecule has 0 aliphatic carbocycles. The quantitative estimate of drug-likeness (QED) is 0.510. The maximum absolute atomic E-state index is 12.6. The number of carbonyl (C=O) groups is 1. The van der Waals surface area contributed by atoms with Crippen molar-refractivity contribution in [2.24, 2.45) is 7.05 Å². The number of fused-ring (bicyclic) bond motifs is 1. The predicted octanol–water partition coefficient (Wildman–Crippen LogP) is 2.86. The van der Waals surface area contributed by atoms with Gasteiger partial charge in [0, 0.05) is 36.5 Å². The van der Waals surface area contributed by atoms with Gasteiger partial charge in [-0.25, -0.2) is 15.0 Å². The summed E-state index contributed by atoms with van der Waals surface area (Å²) in [6.45, 7) is 0. The summed E-state index contributed by atoms with van der Waals surface area (Å²) >= 11 is 0. The number of imidazole rings is 1. The summed E-state index contributed by atoms with van der Waals surface area (Å²) in [5, 5.41) is 0.919. The summed E-state index contributed by atoms with van der Waals surface area (Å²) in [6.07, 6.45) is 6.99. The van der Waals surface area contributed by atoms with Gasteiger partial charge in [0.15, 0.2) is 5.78 Å². The second kappa shape index (κ2) is 6.95. The van der Waals surface area contributed by atoms with Crippen molar-refractivity contribution in [3.63, 3.8) is 0 Å². The van der Waals surface area contributed by atoms with Gasteiger partial charge < -0.3 is 9.30 Å². The monoisotopic (exact) mass is 359 g/mol. The molecule has 0 saturated heterocycles. The number of ether oxygens (including phenoxy) is 1. The molecule has 0 aliphatic heterocycles. The van der Waals surface area contributed by atoms with Crippen LogP contribution in [0.5, 0.6) is 5.88 Å². The van der Waals surface area contributed by atoms with E-state index in [1.807, 2.05) is 29.8 Å². The summed E-state index contributed by atoms with van der Waals surface area (Å²) in [7, 11) is 3.45. The maximum Gasteiger partial charge on any atom is 0.213 e. The third kappa shape index (κ3) is 3.39. The van der Waals surface area contributed by atoms with Crippen LogP contribution >= 0.6 is 0 Å². The molecule has 0 radical (unpaired) electrons. The van der Waals surface area contributed by atoms with Crippen molar-refractivity contribution >= 4 is 16.7 Å². The molecule has 0 atom stereocenters. The van der Waals surface area contributed by atoms with Crippen molar-refractivity contribution in [1.82, 2.24) is 24.5 Å². The zero-order valence-electron chi connectivity index (χ0n) is 15.0. The topological polar surface area (TPSA) is 82.8 Å². The predicted molar refractivity (Wildman–Crippen MR) is 101 cm³/mol. The number of pyridine rings is 3. The molecule has 0 amide bonds. The van der Waals surface area contributed by atoms with Gasteiger partial charge in [0.05, 0.1) is 48.7 Å². The average molecular weight is 359 g/mol. The van der Waals surface area contributed by atoms with Gasteiger partial charge >= 0.3 is 0 Å². The van der Waals surface area contributed by atoms with E-state index in [4.69, 9.17) is 9.72 Å². The van der Waals surface area contributed by atoms with Crippen LogP contribution in [0.15, 0.2) is 55.2 Å². The number of hydrogen-bond donors (Lipinski definition) is 0. The van der Waals surface area contributed by atoms with Crippen LogP contribution in [0.3, 0.4) is 0 Å². The highest BCUT2D eigenvalue weighted by molar-refractivity contribution is 5.97. The first-order valence-electron chi connectivity index (χ1n) is 8.39. The van der Waals surface area contributed by atoms with Gasteiger partial charge in [-0.1, -0.05) is 0 Å². The number of carbonyl (C=O) groups excluding carboxylic acids is 1. The van der Waals surface area contributed by atoms with Crippen LogP contribution < -0.4 is 4.74 Å². The highest BCUT2D eigenvalue weighted by Crippen LogP contribution is 2.21. The molecule has 0 unspecified atom stereocenters. The lowest BCUT2D eigenvalue weighted by atomic mass is 10.1. The Morgan fingerprint density at radius 3 is 2.81 bits per heavy atom. The Hall–Kier alpha value is -3.61. The minimum atomic E-state index is -0.0506. The molecule has 0 spiro atoms. The number of aromatic nitrogens is 5. The van der Waals surface area contributed by atoms with E-state index in [9.17, 15) is 4.79 Å². The first-order chi connectivity index (χ1) is 13.1. The minimum absolute atomic E-state index is 0.0506. The van der Waals surface area contributed by atoms with Crippen LogP contribution in [0.1, 0.15) is 16.1 Å². The Bertz CT molecular complexity index is 1140. The zero-order valence-corrected chi connectivity index (χ0v) is 15.0. The molecule has 0 N–H and O–H groups in total. The van der Waals surface area contributed by atoms with Crippen molar-refractivity contribution in [2.45, 2.75) is 6.42 Å². The standard InChI is InChI=1S/C20H17N5O2/c1-25-12-21-11-18(25)16-4-3-14-10-23-15(8-17(14)24-16)9-19(26)13-5-6-22-20(7-13)27-2/h3-8,10-12H,9H2,1-2H3. The maximum atomic E-state index is 12.6. The summed E-state index contributed by atoms with van der Waals surface area (Å²) in [4.78, 5) is 29.8. The molecule has 4 aromatic rings. The van der Waals surface area contributed by atoms with Gasteiger partial charge in [-0.15, -0.1) is 0 Å². The molecule has 0 fully saturated rings. The number of aryl methyl sites for hydroxylation is 1. The van der Waals surface area contributed by atoms with E-state index in [-0.39, 0.29) is 12.2 Å². The van der Waals surface area contributed by atoms with Crippen LogP contribution in [-0.2, 0) is 13.5 Å². The molecule has 0 aromatic carbocycles. The highest BCUT2D eigenvalue weighted by atomic mass is 16.5. The molecule has 4 rings (SSSR count). The van der Waals surface area contributed by atoms with Crippen molar-refractivity contribution in [2.75, 3.05) is 7.11 Å². The molecule has 4 heterocycles. The lowest BCUT2D eigenvalue weighted by Gasteiger charge is -2.06. The number of Topliss-reactive ketones (excluding diaryl/α,β-unsaturated/α-hetero) is 1. The SMILES string of the molecule is COc1cc(C(=O)Cc2cc3nc(-c4cncn4C)ccc3cn2)ccn1. The molecule has 27 heavy (non-hydrogen) atoms. The molecular formula is C20H17N5O2. The second-order valence-corrected chi connectivity index (χ2v) is 6.14. The summed E-state index contributed by atoms with van der Waals surface area (Å²) in [5.41, 5.74) is 3.75. The third-order valence-electron chi connectivity index (χ3n) is 4.32. The van der Waals surface area contributed by atoms with Gasteiger partial charge in [0.1, 0.15) is 0 Å². The van der Waals surface area contributed by atoms with Crippen molar-refractivity contribution in [3.05, 3.63) is 66.5 Å². The van der Waals surface area contributed by atoms with Crippen LogP contribution in [0.25, 0.3) is 22.3 Å². The fraction of sp³-hybridized carbons (Fsp3) is 0.150. The van der Waals surface area contributed by atoms with E-state index in [0.717, 1.165) is 22.3 Å². The lowest BCUT2D eigenvalue weighted by molar-refractivity contribution is 0.0991. The Morgan fingerprint density at radius 1 is 1.15 bits per heavy atom. The molecule has 0 bridgehead atoms. The second-order valence-electron chi connectivity index (χ2n) is 6.14. The van der Waals surface area contributed by atoms with E-state index in [2.05, 4.69) is 15.0 Å². The fourth-order valence-electron chi connectivity index (χ4n) is 2.86. The molecule has 7 nitrogen and oxygen atoms in total. The van der Waals surface area contributed by atoms with E-state index < -0.39 is 0 Å². The van der Waals surface area contributed by atoms with Crippen LogP contribution in [0.4, 0.5) is 0 Å². The first kappa shape index (κ1) is 16.8.